The second kappa shape index (κ2) is 7.41. The molecule has 1 N–H and O–H groups in total. The first-order valence-electron chi connectivity index (χ1n) is 10.6. The van der Waals surface area contributed by atoms with Gasteiger partial charge in [-0.1, -0.05) is 29.5 Å². The molecule has 10 heteroatoms. The van der Waals surface area contributed by atoms with Gasteiger partial charge in [-0.05, 0) is 30.0 Å². The number of benzene rings is 2. The van der Waals surface area contributed by atoms with E-state index in [4.69, 9.17) is 0 Å². The Kier molecular flexibility index (Phi) is 4.34. The summed E-state index contributed by atoms with van der Waals surface area (Å²) in [5, 5.41) is 12.6. The lowest BCUT2D eigenvalue weighted by Crippen LogP contribution is -2.54. The highest BCUT2D eigenvalue weighted by atomic mass is 16.2. The fourth-order valence-electron chi connectivity index (χ4n) is 4.44. The van der Waals surface area contributed by atoms with Crippen LogP contribution in [0.1, 0.15) is 33.6 Å². The monoisotopic (exact) mass is 452 g/mol. The second-order valence-corrected chi connectivity index (χ2v) is 8.13. The molecule has 1 atom stereocenters. The molecular formula is C24H16N6O4. The number of amides is 4. The lowest BCUT2D eigenvalue weighted by molar-refractivity contribution is -0.136. The number of nitrogens with one attached hydrogen (secondary N) is 1. The molecule has 0 spiro atoms. The van der Waals surface area contributed by atoms with E-state index in [1.807, 2.05) is 24.3 Å². The molecule has 2 aromatic heterocycles. The summed E-state index contributed by atoms with van der Waals surface area (Å²) in [6.07, 6.45) is 5.40. The number of piperidine rings is 1. The fraction of sp³-hybridized carbons (Fsp3) is 0.125. The Bertz CT molecular complexity index is 1540. The minimum atomic E-state index is -1.01. The number of carbonyl (C=O) groups excluding carboxylic acids is 4. The van der Waals surface area contributed by atoms with Crippen LogP contribution in [-0.4, -0.2) is 54.5 Å². The molecule has 2 aromatic carbocycles. The average molecular weight is 452 g/mol. The summed E-state index contributed by atoms with van der Waals surface area (Å²) in [5.74, 6) is -2.18. The smallest absolute Gasteiger partial charge is 0.262 e. The van der Waals surface area contributed by atoms with Gasteiger partial charge in [0.2, 0.25) is 11.8 Å². The van der Waals surface area contributed by atoms with Crippen LogP contribution in [0.25, 0.3) is 27.7 Å². The molecule has 10 nitrogen and oxygen atoms in total. The van der Waals surface area contributed by atoms with Gasteiger partial charge in [-0.3, -0.25) is 34.4 Å². The van der Waals surface area contributed by atoms with Crippen molar-refractivity contribution in [2.24, 2.45) is 0 Å². The maximum absolute atomic E-state index is 13.1. The normalized spacial score (nSPS) is 17.9. The van der Waals surface area contributed by atoms with E-state index in [9.17, 15) is 19.2 Å². The van der Waals surface area contributed by atoms with Gasteiger partial charge in [0, 0.05) is 29.8 Å². The first kappa shape index (κ1) is 19.9. The van der Waals surface area contributed by atoms with E-state index in [1.165, 1.54) is 10.7 Å². The van der Waals surface area contributed by atoms with Crippen molar-refractivity contribution in [2.75, 3.05) is 0 Å². The van der Waals surface area contributed by atoms with Crippen molar-refractivity contribution in [2.45, 2.75) is 18.9 Å². The van der Waals surface area contributed by atoms with Crippen molar-refractivity contribution < 1.29 is 19.2 Å². The molecule has 1 unspecified atom stereocenters. The summed E-state index contributed by atoms with van der Waals surface area (Å²) in [6, 6.07) is 11.6. The molecule has 4 aromatic rings. The molecule has 0 radical (unpaired) electrons. The van der Waals surface area contributed by atoms with Crippen LogP contribution in [-0.2, 0) is 9.59 Å². The number of imide groups is 2. The van der Waals surface area contributed by atoms with E-state index < -0.39 is 29.7 Å². The summed E-state index contributed by atoms with van der Waals surface area (Å²) in [5.41, 5.74) is 2.35. The average Bonchev–Trinajstić information content (AvgIpc) is 3.43. The van der Waals surface area contributed by atoms with Gasteiger partial charge in [0.25, 0.3) is 11.8 Å². The van der Waals surface area contributed by atoms with Crippen LogP contribution in [0, 0.1) is 0 Å². The molecule has 2 aliphatic heterocycles. The van der Waals surface area contributed by atoms with Crippen molar-refractivity contribution in [3.8, 4) is 16.9 Å². The van der Waals surface area contributed by atoms with E-state index in [0.717, 1.165) is 21.2 Å². The van der Waals surface area contributed by atoms with Crippen molar-refractivity contribution >= 4 is 34.4 Å². The summed E-state index contributed by atoms with van der Waals surface area (Å²) in [4.78, 5) is 54.9. The molecule has 34 heavy (non-hydrogen) atoms. The summed E-state index contributed by atoms with van der Waals surface area (Å²) in [6.45, 7) is 0. The first-order chi connectivity index (χ1) is 16.5. The molecule has 2 aliphatic rings. The van der Waals surface area contributed by atoms with E-state index in [1.54, 1.807) is 30.7 Å². The third-order valence-corrected chi connectivity index (χ3v) is 6.13. The minimum Gasteiger partial charge on any atom is -0.295 e. The lowest BCUT2D eigenvalue weighted by Gasteiger charge is -2.27. The Hall–Kier alpha value is -4.73. The molecule has 0 aliphatic carbocycles. The second-order valence-electron chi connectivity index (χ2n) is 8.13. The fourth-order valence-corrected chi connectivity index (χ4v) is 4.44. The number of fused-ring (bicyclic) bond motifs is 2. The zero-order chi connectivity index (χ0) is 23.4. The van der Waals surface area contributed by atoms with Gasteiger partial charge in [-0.15, -0.1) is 5.10 Å². The SMILES string of the molecule is O=C1CCC(N2C(=O)c3ccc(-n4cc(-c5cncc6ccccc56)nn4)cc3C2=O)C(=O)N1. The van der Waals surface area contributed by atoms with Gasteiger partial charge in [0.15, 0.2) is 0 Å². The Labute approximate surface area is 192 Å². The number of hydrogen-bond donors (Lipinski definition) is 1. The van der Waals surface area contributed by atoms with Gasteiger partial charge in [-0.2, -0.15) is 0 Å². The van der Waals surface area contributed by atoms with Gasteiger partial charge in [0.05, 0.1) is 23.0 Å². The van der Waals surface area contributed by atoms with Crippen molar-refractivity contribution in [1.82, 2.24) is 30.2 Å². The molecule has 4 amide bonds. The quantitative estimate of drug-likeness (QED) is 0.470. The number of rotatable bonds is 3. The first-order valence-corrected chi connectivity index (χ1v) is 10.6. The molecule has 0 saturated carbocycles. The molecule has 1 fully saturated rings. The van der Waals surface area contributed by atoms with Gasteiger partial charge in [0.1, 0.15) is 11.7 Å². The van der Waals surface area contributed by atoms with E-state index in [-0.39, 0.29) is 24.0 Å². The van der Waals surface area contributed by atoms with Crippen LogP contribution in [0.3, 0.4) is 0 Å². The summed E-state index contributed by atoms with van der Waals surface area (Å²) in [7, 11) is 0. The predicted molar refractivity (Wildman–Crippen MR) is 119 cm³/mol. The largest absolute Gasteiger partial charge is 0.295 e. The third kappa shape index (κ3) is 2.99. The molecule has 6 rings (SSSR count). The number of carbonyl (C=O) groups is 4. The Balaban J connectivity index is 1.34. The number of aromatic nitrogens is 4. The van der Waals surface area contributed by atoms with Crippen LogP contribution in [0.15, 0.2) is 61.1 Å². The van der Waals surface area contributed by atoms with Crippen LogP contribution < -0.4 is 5.32 Å². The highest BCUT2D eigenvalue weighted by molar-refractivity contribution is 6.23. The Morgan fingerprint density at radius 1 is 0.912 bits per heavy atom. The third-order valence-electron chi connectivity index (χ3n) is 6.13. The van der Waals surface area contributed by atoms with Gasteiger partial charge >= 0.3 is 0 Å². The van der Waals surface area contributed by atoms with Crippen LogP contribution in [0.4, 0.5) is 0 Å². The maximum atomic E-state index is 13.1. The molecule has 0 bridgehead atoms. The Morgan fingerprint density at radius 3 is 2.59 bits per heavy atom. The van der Waals surface area contributed by atoms with Crippen molar-refractivity contribution in [3.63, 3.8) is 0 Å². The van der Waals surface area contributed by atoms with E-state index in [0.29, 0.717) is 11.4 Å². The summed E-state index contributed by atoms with van der Waals surface area (Å²) < 4.78 is 1.52. The topological polar surface area (TPSA) is 127 Å². The number of hydrogen-bond acceptors (Lipinski definition) is 7. The van der Waals surface area contributed by atoms with Gasteiger partial charge < -0.3 is 0 Å². The highest BCUT2D eigenvalue weighted by Gasteiger charge is 2.44. The van der Waals surface area contributed by atoms with Crippen molar-refractivity contribution in [3.05, 3.63) is 72.2 Å². The van der Waals surface area contributed by atoms with E-state index >= 15 is 0 Å². The van der Waals surface area contributed by atoms with Crippen LogP contribution in [0.5, 0.6) is 0 Å². The Morgan fingerprint density at radius 2 is 1.74 bits per heavy atom. The minimum absolute atomic E-state index is 0.0693. The zero-order valence-electron chi connectivity index (χ0n) is 17.6. The molecule has 1 saturated heterocycles. The molecule has 4 heterocycles. The number of nitrogens with zero attached hydrogens (tertiary/aromatic N) is 5. The highest BCUT2D eigenvalue weighted by Crippen LogP contribution is 2.30. The van der Waals surface area contributed by atoms with Crippen LogP contribution >= 0.6 is 0 Å². The number of pyridine rings is 1. The summed E-state index contributed by atoms with van der Waals surface area (Å²) >= 11 is 0. The predicted octanol–water partition coefficient (Wildman–Crippen LogP) is 1.88. The zero-order valence-corrected chi connectivity index (χ0v) is 17.6. The maximum Gasteiger partial charge on any atom is 0.262 e. The van der Waals surface area contributed by atoms with Crippen molar-refractivity contribution in [1.29, 1.82) is 0 Å². The lowest BCUT2D eigenvalue weighted by atomic mass is 10.0. The standard InChI is InChI=1S/C24H16N6O4/c31-21-8-7-20(22(32)26-21)30-23(33)16-6-5-14(9-17(16)24(30)34)29-12-19(27-28-29)18-11-25-10-13-3-1-2-4-15(13)18/h1-6,9-12,20H,7-8H2,(H,26,31,32). The molecule has 166 valence electrons. The van der Waals surface area contributed by atoms with E-state index in [2.05, 4.69) is 20.6 Å². The van der Waals surface area contributed by atoms with Crippen LogP contribution in [0.2, 0.25) is 0 Å². The molecular weight excluding hydrogens is 436 g/mol. The van der Waals surface area contributed by atoms with Gasteiger partial charge in [-0.25, -0.2) is 4.68 Å².